The van der Waals surface area contributed by atoms with Crippen molar-refractivity contribution < 1.29 is 18.7 Å². The molecule has 2 fully saturated rings. The molecule has 3 atom stereocenters. The van der Waals surface area contributed by atoms with E-state index in [9.17, 15) is 14.0 Å². The van der Waals surface area contributed by atoms with E-state index in [0.717, 1.165) is 58.7 Å². The van der Waals surface area contributed by atoms with Crippen LogP contribution in [-0.2, 0) is 37.5 Å². The number of ether oxygens (including phenoxy) is 1. The number of hydrogen-bond acceptors (Lipinski definition) is 6. The van der Waals surface area contributed by atoms with Crippen molar-refractivity contribution in [1.82, 2.24) is 9.78 Å². The minimum absolute atomic E-state index is 0.0438. The molecule has 0 aromatic carbocycles. The van der Waals surface area contributed by atoms with Gasteiger partial charge in [0.2, 0.25) is 5.88 Å². The molecule has 2 heterocycles. The number of ketones is 2. The summed E-state index contributed by atoms with van der Waals surface area (Å²) in [5.74, 6) is 1.37. The van der Waals surface area contributed by atoms with Crippen molar-refractivity contribution in [3.8, 4) is 5.88 Å². The second-order valence-corrected chi connectivity index (χ2v) is 12.5. The third kappa shape index (κ3) is 5.96. The molecule has 0 aliphatic heterocycles. The first-order valence-electron chi connectivity index (χ1n) is 13.3. The van der Waals surface area contributed by atoms with Gasteiger partial charge in [-0.2, -0.15) is 0 Å². The third-order valence-electron chi connectivity index (χ3n) is 7.79. The van der Waals surface area contributed by atoms with Crippen LogP contribution in [0.4, 0.5) is 4.39 Å². The number of aromatic nitrogens is 2. The number of rotatable bonds is 13. The fraction of sp³-hybridized carbons (Fsp3) is 0.643. The lowest BCUT2D eigenvalue weighted by atomic mass is 9.82. The molecule has 8 heteroatoms. The molecular weight excluding hydrogens is 495 g/mol. The van der Waals surface area contributed by atoms with E-state index in [0.29, 0.717) is 43.6 Å². The van der Waals surface area contributed by atoms with Gasteiger partial charge in [-0.25, -0.2) is 4.39 Å². The molecule has 2 saturated carbocycles. The van der Waals surface area contributed by atoms with Crippen LogP contribution < -0.4 is 4.74 Å². The number of carbonyl (C=O) groups is 2. The zero-order valence-corrected chi connectivity index (χ0v) is 22.8. The maximum atomic E-state index is 13.5. The Bertz CT molecular complexity index is 1170. The van der Waals surface area contributed by atoms with Gasteiger partial charge in [-0.3, -0.25) is 14.3 Å². The highest BCUT2D eigenvalue weighted by molar-refractivity contribution is 7.80. The van der Waals surface area contributed by atoms with Gasteiger partial charge in [0, 0.05) is 53.4 Å². The van der Waals surface area contributed by atoms with Gasteiger partial charge in [0.15, 0.2) is 5.78 Å². The molecule has 5 nitrogen and oxygen atoms in total. The molecule has 0 saturated heterocycles. The molecule has 36 heavy (non-hydrogen) atoms. The van der Waals surface area contributed by atoms with E-state index in [1.165, 1.54) is 17.7 Å². The van der Waals surface area contributed by atoms with Crippen molar-refractivity contribution in [3.63, 3.8) is 0 Å². The highest BCUT2D eigenvalue weighted by atomic mass is 32.1. The van der Waals surface area contributed by atoms with E-state index < -0.39 is 12.1 Å². The van der Waals surface area contributed by atoms with Crippen LogP contribution in [0.15, 0.2) is 6.07 Å². The zero-order valence-electron chi connectivity index (χ0n) is 21.2. The van der Waals surface area contributed by atoms with Crippen LogP contribution in [0.3, 0.4) is 0 Å². The number of aryl methyl sites for hydroxylation is 2. The van der Waals surface area contributed by atoms with Gasteiger partial charge in [0.25, 0.3) is 0 Å². The van der Waals surface area contributed by atoms with Crippen LogP contribution in [0.25, 0.3) is 0 Å². The van der Waals surface area contributed by atoms with Gasteiger partial charge in [0.05, 0.1) is 12.5 Å². The van der Waals surface area contributed by atoms with E-state index in [4.69, 9.17) is 17.0 Å². The lowest BCUT2D eigenvalue weighted by molar-refractivity contribution is -0.119. The van der Waals surface area contributed by atoms with E-state index >= 15 is 0 Å². The maximum absolute atomic E-state index is 13.5. The molecule has 3 aliphatic rings. The Kier molecular flexibility index (Phi) is 7.73. The number of thiophene rings is 1. The Hall–Kier alpha value is -1.93. The maximum Gasteiger partial charge on any atom is 0.232 e. The fourth-order valence-electron chi connectivity index (χ4n) is 5.45. The molecule has 0 bridgehead atoms. The Balaban J connectivity index is 1.28. The fourth-order valence-corrected chi connectivity index (χ4v) is 7.21. The second-order valence-electron chi connectivity index (χ2n) is 10.8. The van der Waals surface area contributed by atoms with Crippen LogP contribution in [0.5, 0.6) is 5.88 Å². The molecule has 0 amide bonds. The molecule has 3 aliphatic carbocycles. The average Bonchev–Trinajstić information content (AvgIpc) is 3.73. The topological polar surface area (TPSA) is 61.2 Å². The van der Waals surface area contributed by atoms with E-state index in [1.807, 2.05) is 24.7 Å². The van der Waals surface area contributed by atoms with Gasteiger partial charge in [-0.05, 0) is 67.7 Å². The Morgan fingerprint density at radius 2 is 2.03 bits per heavy atom. The number of Topliss-reactive ketones (excluding diaryl/α,β-unsaturated/α-hetero) is 2. The Morgan fingerprint density at radius 1 is 1.25 bits per heavy atom. The average molecular weight is 531 g/mol. The van der Waals surface area contributed by atoms with Crippen LogP contribution in [0, 0.1) is 17.8 Å². The zero-order chi connectivity index (χ0) is 25.4. The summed E-state index contributed by atoms with van der Waals surface area (Å²) in [7, 11) is 1.91. The molecule has 194 valence electrons. The number of fused-ring (bicyclic) bond motifs is 1. The molecule has 0 spiro atoms. The van der Waals surface area contributed by atoms with Crippen molar-refractivity contribution in [1.29, 1.82) is 0 Å². The molecule has 0 unspecified atom stereocenters. The van der Waals surface area contributed by atoms with Crippen molar-refractivity contribution in [2.45, 2.75) is 83.7 Å². The largest absolute Gasteiger partial charge is 0.477 e. The summed E-state index contributed by atoms with van der Waals surface area (Å²) < 4.78 is 20.9. The van der Waals surface area contributed by atoms with Crippen molar-refractivity contribution in [3.05, 3.63) is 32.6 Å². The first-order chi connectivity index (χ1) is 17.3. The van der Waals surface area contributed by atoms with Crippen LogP contribution in [0.1, 0.15) is 83.2 Å². The van der Waals surface area contributed by atoms with E-state index in [2.05, 4.69) is 5.10 Å². The van der Waals surface area contributed by atoms with Gasteiger partial charge in [-0.1, -0.05) is 25.1 Å². The molecule has 2 aromatic rings. The van der Waals surface area contributed by atoms with Crippen molar-refractivity contribution in [2.24, 2.45) is 24.8 Å². The summed E-state index contributed by atoms with van der Waals surface area (Å²) in [5, 5.41) is 4.39. The number of hydrogen-bond donors (Lipinski definition) is 0. The number of carbonyl (C=O) groups excluding carboxylic acids is 2. The molecule has 0 N–H and O–H groups in total. The van der Waals surface area contributed by atoms with E-state index in [-0.39, 0.29) is 18.0 Å². The number of halogens is 1. The molecular formula is C28H35FN2O3S2. The normalized spacial score (nSPS) is 22.8. The summed E-state index contributed by atoms with van der Waals surface area (Å²) in [6.07, 6.45) is 7.78. The lowest BCUT2D eigenvalue weighted by Crippen LogP contribution is -2.19. The minimum atomic E-state index is -0.990. The second kappa shape index (κ2) is 10.8. The molecule has 2 aromatic heterocycles. The summed E-state index contributed by atoms with van der Waals surface area (Å²) in [4.78, 5) is 29.1. The SMILES string of the molecule is CCOc1cc(CC(=S)C[C@H]2CCc3sc(CC(=O)[C@H]4C[C@@H]4F)c(C(=O)CCC4CC4)c3C2)n(C)n1. The smallest absolute Gasteiger partial charge is 0.232 e. The highest BCUT2D eigenvalue weighted by Gasteiger charge is 2.43. The summed E-state index contributed by atoms with van der Waals surface area (Å²) in [5.41, 5.74) is 2.98. The summed E-state index contributed by atoms with van der Waals surface area (Å²) in [6.45, 7) is 2.52. The van der Waals surface area contributed by atoms with Crippen molar-refractivity contribution in [2.75, 3.05) is 6.61 Å². The quantitative estimate of drug-likeness (QED) is 0.241. The highest BCUT2D eigenvalue weighted by Crippen LogP contribution is 2.42. The monoisotopic (exact) mass is 530 g/mol. The van der Waals surface area contributed by atoms with Crippen LogP contribution in [-0.4, -0.2) is 39.0 Å². The number of nitrogens with zero attached hydrogens (tertiary/aromatic N) is 2. The Morgan fingerprint density at radius 3 is 2.72 bits per heavy atom. The van der Waals surface area contributed by atoms with Gasteiger partial charge >= 0.3 is 0 Å². The first kappa shape index (κ1) is 25.7. The number of thiocarbonyl (C=S) groups is 1. The Labute approximate surface area is 221 Å². The summed E-state index contributed by atoms with van der Waals surface area (Å²) >= 11 is 7.42. The van der Waals surface area contributed by atoms with Crippen LogP contribution >= 0.6 is 23.6 Å². The predicted octanol–water partition coefficient (Wildman–Crippen LogP) is 5.83. The minimum Gasteiger partial charge on any atom is -0.477 e. The third-order valence-corrected chi connectivity index (χ3v) is 9.40. The first-order valence-corrected chi connectivity index (χ1v) is 14.6. The van der Waals surface area contributed by atoms with Crippen molar-refractivity contribution >= 4 is 40.0 Å². The molecule has 5 rings (SSSR count). The van der Waals surface area contributed by atoms with Gasteiger partial charge in [0.1, 0.15) is 12.0 Å². The van der Waals surface area contributed by atoms with E-state index in [1.54, 1.807) is 11.3 Å². The lowest BCUT2D eigenvalue weighted by Gasteiger charge is -2.23. The van der Waals surface area contributed by atoms with Gasteiger partial charge < -0.3 is 4.74 Å². The van der Waals surface area contributed by atoms with Gasteiger partial charge in [-0.15, -0.1) is 16.4 Å². The van der Waals surface area contributed by atoms with Crippen LogP contribution in [0.2, 0.25) is 0 Å². The molecule has 0 radical (unpaired) electrons. The standard InChI is InChI=1S/C28H35FN2O3S2/c1-3-34-27-13-18(31(2)30-27)12-19(35)10-17-7-9-25-21(11-17)28(23(32)8-6-16-4-5-16)26(36-25)15-24(33)20-14-22(20)29/h13,16-17,20,22H,3-12,14-15H2,1-2H3/t17-,20+,22+/m1/s1. The predicted molar refractivity (Wildman–Crippen MR) is 143 cm³/mol. The number of alkyl halides is 1. The summed E-state index contributed by atoms with van der Waals surface area (Å²) in [6, 6.07) is 1.95.